The summed E-state index contributed by atoms with van der Waals surface area (Å²) in [6.45, 7) is 2.39. The third-order valence-corrected chi connectivity index (χ3v) is 5.65. The minimum absolute atomic E-state index is 0.00874. The summed E-state index contributed by atoms with van der Waals surface area (Å²) < 4.78 is 41.0. The zero-order chi connectivity index (χ0) is 20.1. The molecule has 1 N–H and O–H groups in total. The Morgan fingerprint density at radius 2 is 1.68 bits per heavy atom. The van der Waals surface area contributed by atoms with Gasteiger partial charge in [-0.3, -0.25) is 4.79 Å². The minimum atomic E-state index is -3.72. The Morgan fingerprint density at radius 3 is 2.36 bits per heavy atom. The number of aromatic nitrogens is 2. The monoisotopic (exact) mass is 401 g/mol. The van der Waals surface area contributed by atoms with Crippen molar-refractivity contribution in [3.05, 3.63) is 82.4 Å². The third kappa shape index (κ3) is 4.90. The average molecular weight is 401 g/mol. The smallest absolute Gasteiger partial charge is 0.266 e. The van der Waals surface area contributed by atoms with E-state index in [4.69, 9.17) is 0 Å². The highest BCUT2D eigenvalue weighted by Gasteiger charge is 2.13. The van der Waals surface area contributed by atoms with Crippen LogP contribution in [0.5, 0.6) is 0 Å². The summed E-state index contributed by atoms with van der Waals surface area (Å²) in [6, 6.07) is 15.5. The van der Waals surface area contributed by atoms with Crippen LogP contribution in [0.15, 0.2) is 70.4 Å². The van der Waals surface area contributed by atoms with E-state index in [0.29, 0.717) is 12.1 Å². The van der Waals surface area contributed by atoms with E-state index < -0.39 is 15.8 Å². The molecule has 0 radical (unpaired) electrons. The first-order chi connectivity index (χ1) is 13.3. The molecule has 3 rings (SSSR count). The molecule has 0 aliphatic carbocycles. The Morgan fingerprint density at radius 1 is 1.00 bits per heavy atom. The number of hydrogen-bond donors (Lipinski definition) is 1. The molecule has 0 fully saturated rings. The Bertz CT molecular complexity index is 1110. The predicted molar refractivity (Wildman–Crippen MR) is 105 cm³/mol. The van der Waals surface area contributed by atoms with Crippen LogP contribution < -0.4 is 10.3 Å². The lowest BCUT2D eigenvalue weighted by atomic mass is 10.1. The Kier molecular flexibility index (Phi) is 6.01. The summed E-state index contributed by atoms with van der Waals surface area (Å²) in [4.78, 5) is 12.0. The van der Waals surface area contributed by atoms with Gasteiger partial charge in [-0.15, -0.1) is 0 Å². The van der Waals surface area contributed by atoms with Crippen molar-refractivity contribution in [1.82, 2.24) is 14.5 Å². The maximum Gasteiger partial charge on any atom is 0.266 e. The van der Waals surface area contributed by atoms with Crippen LogP contribution in [0.3, 0.4) is 0 Å². The van der Waals surface area contributed by atoms with Crippen LogP contribution in [0.2, 0.25) is 0 Å². The van der Waals surface area contributed by atoms with Gasteiger partial charge in [0.25, 0.3) is 5.56 Å². The molecule has 1 aromatic heterocycles. The van der Waals surface area contributed by atoms with Gasteiger partial charge in [-0.05, 0) is 43.7 Å². The lowest BCUT2D eigenvalue weighted by molar-refractivity contribution is 0.536. The molecule has 0 aliphatic heterocycles. The number of hydrogen-bond acceptors (Lipinski definition) is 4. The van der Waals surface area contributed by atoms with Gasteiger partial charge in [-0.2, -0.15) is 5.10 Å². The van der Waals surface area contributed by atoms with Crippen LogP contribution >= 0.6 is 0 Å². The highest BCUT2D eigenvalue weighted by molar-refractivity contribution is 7.89. The fourth-order valence-corrected chi connectivity index (χ4v) is 3.69. The van der Waals surface area contributed by atoms with Crippen LogP contribution in [-0.2, 0) is 16.6 Å². The van der Waals surface area contributed by atoms with Crippen LogP contribution in [-0.4, -0.2) is 24.7 Å². The highest BCUT2D eigenvalue weighted by Crippen LogP contribution is 2.16. The van der Waals surface area contributed by atoms with Crippen LogP contribution in [0.1, 0.15) is 12.0 Å². The SMILES string of the molecule is Cc1ccc(-c2ccc(=O)n(CCCNS(=O)(=O)c3ccc(F)cc3)n2)cc1. The molecule has 2 aromatic carbocycles. The molecule has 0 atom stereocenters. The van der Waals surface area contributed by atoms with Crippen molar-refractivity contribution in [3.8, 4) is 11.3 Å². The molecule has 1 heterocycles. The van der Waals surface area contributed by atoms with E-state index in [9.17, 15) is 17.6 Å². The molecular weight excluding hydrogens is 381 g/mol. The van der Waals surface area contributed by atoms with Crippen molar-refractivity contribution >= 4 is 10.0 Å². The van der Waals surface area contributed by atoms with E-state index in [0.717, 1.165) is 23.3 Å². The van der Waals surface area contributed by atoms with Gasteiger partial charge >= 0.3 is 0 Å². The van der Waals surface area contributed by atoms with E-state index in [1.54, 1.807) is 6.07 Å². The van der Waals surface area contributed by atoms with Crippen molar-refractivity contribution in [2.45, 2.75) is 24.8 Å². The Hall–Kier alpha value is -2.84. The number of rotatable bonds is 7. The summed E-state index contributed by atoms with van der Waals surface area (Å²) >= 11 is 0. The number of nitrogens with one attached hydrogen (secondary N) is 1. The van der Waals surface area contributed by atoms with Crippen molar-refractivity contribution in [1.29, 1.82) is 0 Å². The van der Waals surface area contributed by atoms with Gasteiger partial charge in [0.05, 0.1) is 10.6 Å². The first-order valence-electron chi connectivity index (χ1n) is 8.76. The summed E-state index contributed by atoms with van der Waals surface area (Å²) in [7, 11) is -3.72. The normalized spacial score (nSPS) is 11.5. The molecule has 0 saturated carbocycles. The fraction of sp³-hybridized carbons (Fsp3) is 0.200. The Balaban J connectivity index is 1.63. The molecule has 0 spiro atoms. The minimum Gasteiger partial charge on any atom is -0.268 e. The van der Waals surface area contributed by atoms with Gasteiger partial charge in [-0.1, -0.05) is 29.8 Å². The van der Waals surface area contributed by atoms with Gasteiger partial charge in [0.2, 0.25) is 10.0 Å². The van der Waals surface area contributed by atoms with E-state index in [1.165, 1.54) is 22.9 Å². The summed E-state index contributed by atoms with van der Waals surface area (Å²) in [5.74, 6) is -0.502. The fourth-order valence-electron chi connectivity index (χ4n) is 2.62. The van der Waals surface area contributed by atoms with Crippen LogP contribution in [0, 0.1) is 12.7 Å². The van der Waals surface area contributed by atoms with Crippen molar-refractivity contribution in [3.63, 3.8) is 0 Å². The Labute approximate surface area is 162 Å². The first-order valence-corrected chi connectivity index (χ1v) is 10.2. The molecule has 0 bridgehead atoms. The molecule has 28 heavy (non-hydrogen) atoms. The predicted octanol–water partition coefficient (Wildman–Crippen LogP) is 2.73. The second kappa shape index (κ2) is 8.45. The third-order valence-electron chi connectivity index (χ3n) is 4.18. The second-order valence-electron chi connectivity index (χ2n) is 6.35. The standard InChI is InChI=1S/C20H20FN3O3S/c1-15-3-5-16(6-4-15)19-11-12-20(25)24(23-19)14-2-13-22-28(26,27)18-9-7-17(21)8-10-18/h3-12,22H,2,13-14H2,1H3. The molecule has 146 valence electrons. The number of benzene rings is 2. The van der Waals surface area contributed by atoms with Gasteiger partial charge in [0, 0.05) is 24.7 Å². The van der Waals surface area contributed by atoms with Crippen molar-refractivity contribution in [2.75, 3.05) is 6.54 Å². The average Bonchev–Trinajstić information content (AvgIpc) is 2.67. The van der Waals surface area contributed by atoms with E-state index in [1.807, 2.05) is 31.2 Å². The second-order valence-corrected chi connectivity index (χ2v) is 8.12. The lowest BCUT2D eigenvalue weighted by Crippen LogP contribution is -2.28. The molecule has 0 amide bonds. The zero-order valence-electron chi connectivity index (χ0n) is 15.3. The number of aryl methyl sites for hydroxylation is 2. The highest BCUT2D eigenvalue weighted by atomic mass is 32.2. The first kappa shape index (κ1) is 19.9. The van der Waals surface area contributed by atoms with Crippen molar-refractivity contribution in [2.24, 2.45) is 0 Å². The largest absolute Gasteiger partial charge is 0.268 e. The lowest BCUT2D eigenvalue weighted by Gasteiger charge is -2.09. The topological polar surface area (TPSA) is 81.1 Å². The number of halogens is 1. The van der Waals surface area contributed by atoms with Gasteiger partial charge in [0.1, 0.15) is 5.82 Å². The van der Waals surface area contributed by atoms with Gasteiger partial charge in [0.15, 0.2) is 0 Å². The quantitative estimate of drug-likeness (QED) is 0.617. The number of nitrogens with zero attached hydrogens (tertiary/aromatic N) is 2. The van der Waals surface area contributed by atoms with E-state index in [-0.39, 0.29) is 23.5 Å². The van der Waals surface area contributed by atoms with Gasteiger partial charge < -0.3 is 0 Å². The molecule has 6 nitrogen and oxygen atoms in total. The van der Waals surface area contributed by atoms with Gasteiger partial charge in [-0.25, -0.2) is 22.2 Å². The van der Waals surface area contributed by atoms with Crippen molar-refractivity contribution < 1.29 is 12.8 Å². The summed E-state index contributed by atoms with van der Waals surface area (Å²) in [5, 5.41) is 4.36. The maximum absolute atomic E-state index is 12.9. The molecule has 0 unspecified atom stereocenters. The zero-order valence-corrected chi connectivity index (χ0v) is 16.1. The van der Waals surface area contributed by atoms with E-state index in [2.05, 4.69) is 9.82 Å². The van der Waals surface area contributed by atoms with E-state index >= 15 is 0 Å². The maximum atomic E-state index is 12.9. The molecule has 0 saturated heterocycles. The molecule has 3 aromatic rings. The summed E-state index contributed by atoms with van der Waals surface area (Å²) in [5.41, 5.74) is 2.45. The number of sulfonamides is 1. The van der Waals surface area contributed by atoms with Crippen LogP contribution in [0.4, 0.5) is 4.39 Å². The molecule has 8 heteroatoms. The summed E-state index contributed by atoms with van der Waals surface area (Å²) in [6.07, 6.45) is 0.380. The van der Waals surface area contributed by atoms with Crippen LogP contribution in [0.25, 0.3) is 11.3 Å². The molecule has 0 aliphatic rings. The molecular formula is C20H20FN3O3S.